The molecule has 2 heterocycles. The van der Waals surface area contributed by atoms with Gasteiger partial charge >= 0.3 is 0 Å². The van der Waals surface area contributed by atoms with E-state index in [9.17, 15) is 14.9 Å². The molecular weight excluding hydrogens is 446 g/mol. The SMILES string of the molecule is O=c1ccc2cc([N+](=O)[O-])ccc2n1CCCC1CCC(NCc2ccc3c(c2)OCCO3)CC1. The lowest BCUT2D eigenvalue weighted by atomic mass is 9.83. The maximum atomic E-state index is 12.5. The van der Waals surface area contributed by atoms with Gasteiger partial charge in [-0.25, -0.2) is 0 Å². The van der Waals surface area contributed by atoms with Crippen molar-refractivity contribution in [2.45, 2.75) is 57.7 Å². The van der Waals surface area contributed by atoms with Crippen molar-refractivity contribution in [2.24, 2.45) is 5.92 Å². The fourth-order valence-corrected chi connectivity index (χ4v) is 5.29. The predicted molar refractivity (Wildman–Crippen MR) is 134 cm³/mol. The van der Waals surface area contributed by atoms with E-state index in [2.05, 4.69) is 17.4 Å². The van der Waals surface area contributed by atoms with Crippen LogP contribution in [0.3, 0.4) is 0 Å². The number of benzene rings is 2. The van der Waals surface area contributed by atoms with Crippen LogP contribution < -0.4 is 20.3 Å². The number of fused-ring (bicyclic) bond motifs is 2. The number of non-ortho nitro benzene ring substituents is 1. The highest BCUT2D eigenvalue weighted by atomic mass is 16.6. The summed E-state index contributed by atoms with van der Waals surface area (Å²) in [5, 5.41) is 15.5. The van der Waals surface area contributed by atoms with Gasteiger partial charge in [-0.1, -0.05) is 6.07 Å². The Hall–Kier alpha value is -3.39. The minimum atomic E-state index is -0.406. The van der Waals surface area contributed by atoms with Gasteiger partial charge in [0.1, 0.15) is 13.2 Å². The summed E-state index contributed by atoms with van der Waals surface area (Å²) in [6, 6.07) is 14.5. The summed E-state index contributed by atoms with van der Waals surface area (Å²) in [6.07, 6.45) is 6.71. The Labute approximate surface area is 204 Å². The maximum absolute atomic E-state index is 12.5. The predicted octanol–water partition coefficient (Wildman–Crippen LogP) is 4.81. The number of ether oxygens (including phenoxy) is 2. The number of aryl methyl sites for hydroxylation is 1. The van der Waals surface area contributed by atoms with Crippen LogP contribution in [0.2, 0.25) is 0 Å². The minimum Gasteiger partial charge on any atom is -0.486 e. The van der Waals surface area contributed by atoms with E-state index in [-0.39, 0.29) is 11.2 Å². The van der Waals surface area contributed by atoms with Gasteiger partial charge < -0.3 is 19.4 Å². The number of nitro benzene ring substituents is 1. The van der Waals surface area contributed by atoms with E-state index < -0.39 is 4.92 Å². The van der Waals surface area contributed by atoms with Crippen LogP contribution in [0.4, 0.5) is 5.69 Å². The van der Waals surface area contributed by atoms with Gasteiger partial charge in [0.2, 0.25) is 0 Å². The molecule has 1 fully saturated rings. The van der Waals surface area contributed by atoms with Gasteiger partial charge in [0.25, 0.3) is 11.2 Å². The van der Waals surface area contributed by atoms with Gasteiger partial charge in [-0.3, -0.25) is 14.9 Å². The van der Waals surface area contributed by atoms with Gasteiger partial charge in [0, 0.05) is 42.7 Å². The van der Waals surface area contributed by atoms with Crippen molar-refractivity contribution in [2.75, 3.05) is 13.2 Å². The Balaban J connectivity index is 1.09. The summed E-state index contributed by atoms with van der Waals surface area (Å²) in [5.41, 5.74) is 1.96. The van der Waals surface area contributed by atoms with Crippen LogP contribution >= 0.6 is 0 Å². The van der Waals surface area contributed by atoms with Crippen molar-refractivity contribution in [3.8, 4) is 11.5 Å². The molecule has 0 unspecified atom stereocenters. The van der Waals surface area contributed by atoms with Gasteiger partial charge in [-0.05, 0) is 74.3 Å². The third-order valence-corrected chi connectivity index (χ3v) is 7.23. The van der Waals surface area contributed by atoms with Crippen LogP contribution in [-0.4, -0.2) is 28.7 Å². The number of nitrogens with one attached hydrogen (secondary N) is 1. The second kappa shape index (κ2) is 10.5. The largest absolute Gasteiger partial charge is 0.486 e. The Kier molecular flexibility index (Phi) is 6.99. The molecule has 1 saturated carbocycles. The smallest absolute Gasteiger partial charge is 0.270 e. The Morgan fingerprint density at radius 1 is 0.971 bits per heavy atom. The van der Waals surface area contributed by atoms with Gasteiger partial charge in [-0.15, -0.1) is 0 Å². The minimum absolute atomic E-state index is 0.0436. The summed E-state index contributed by atoms with van der Waals surface area (Å²) in [6.45, 7) is 2.67. The van der Waals surface area contributed by atoms with E-state index >= 15 is 0 Å². The van der Waals surface area contributed by atoms with Crippen LogP contribution in [0.1, 0.15) is 44.1 Å². The third kappa shape index (κ3) is 5.48. The van der Waals surface area contributed by atoms with Gasteiger partial charge in [-0.2, -0.15) is 0 Å². The van der Waals surface area contributed by atoms with Crippen molar-refractivity contribution >= 4 is 16.6 Å². The molecule has 1 aliphatic heterocycles. The molecule has 0 spiro atoms. The second-order valence-corrected chi connectivity index (χ2v) is 9.54. The molecule has 8 heteroatoms. The standard InChI is InChI=1S/C27H31N3O5/c31-27-12-6-21-17-23(30(32)33)9-10-24(21)29(27)13-1-2-19-3-7-22(8-4-19)28-18-20-5-11-25-26(16-20)35-15-14-34-25/h5-6,9-12,16-17,19,22,28H,1-4,7-8,13-15,18H2. The van der Waals surface area contributed by atoms with E-state index in [1.807, 2.05) is 6.07 Å². The first kappa shape index (κ1) is 23.4. The van der Waals surface area contributed by atoms with E-state index in [0.29, 0.717) is 31.7 Å². The molecule has 2 aliphatic rings. The maximum Gasteiger partial charge on any atom is 0.270 e. The third-order valence-electron chi connectivity index (χ3n) is 7.23. The van der Waals surface area contributed by atoms with Crippen molar-refractivity contribution in [3.63, 3.8) is 0 Å². The fourth-order valence-electron chi connectivity index (χ4n) is 5.29. The molecule has 1 N–H and O–H groups in total. The molecule has 0 amide bonds. The number of hydrogen-bond acceptors (Lipinski definition) is 6. The number of nitro groups is 1. The molecule has 0 saturated heterocycles. The summed E-state index contributed by atoms with van der Waals surface area (Å²) >= 11 is 0. The Morgan fingerprint density at radius 2 is 1.77 bits per heavy atom. The molecule has 2 aromatic carbocycles. The first-order valence-corrected chi connectivity index (χ1v) is 12.5. The average Bonchev–Trinajstić information content (AvgIpc) is 2.89. The fraction of sp³-hybridized carbons (Fsp3) is 0.444. The Morgan fingerprint density at radius 3 is 2.57 bits per heavy atom. The van der Waals surface area contributed by atoms with Gasteiger partial charge in [0.15, 0.2) is 11.5 Å². The molecule has 0 atom stereocenters. The van der Waals surface area contributed by atoms with Crippen LogP contribution in [0.25, 0.3) is 10.9 Å². The number of rotatable bonds is 8. The molecule has 0 bridgehead atoms. The van der Waals surface area contributed by atoms with Crippen LogP contribution in [-0.2, 0) is 13.1 Å². The van der Waals surface area contributed by atoms with Crippen molar-refractivity contribution in [1.29, 1.82) is 0 Å². The summed E-state index contributed by atoms with van der Waals surface area (Å²) < 4.78 is 13.0. The normalized spacial score (nSPS) is 19.5. The lowest BCUT2D eigenvalue weighted by Gasteiger charge is -2.29. The molecular formula is C27H31N3O5. The molecule has 1 aromatic heterocycles. The van der Waals surface area contributed by atoms with Crippen LogP contribution in [0.15, 0.2) is 53.3 Å². The molecule has 184 valence electrons. The topological polar surface area (TPSA) is 95.6 Å². The van der Waals surface area contributed by atoms with Crippen molar-refractivity contribution < 1.29 is 14.4 Å². The summed E-state index contributed by atoms with van der Waals surface area (Å²) in [5.74, 6) is 2.34. The van der Waals surface area contributed by atoms with Crippen molar-refractivity contribution in [3.05, 3.63) is 74.6 Å². The lowest BCUT2D eigenvalue weighted by molar-refractivity contribution is -0.384. The number of hydrogen-bond donors (Lipinski definition) is 1. The second-order valence-electron chi connectivity index (χ2n) is 9.54. The number of pyridine rings is 1. The summed E-state index contributed by atoms with van der Waals surface area (Å²) in [4.78, 5) is 23.1. The highest BCUT2D eigenvalue weighted by molar-refractivity contribution is 5.81. The summed E-state index contributed by atoms with van der Waals surface area (Å²) in [7, 11) is 0. The van der Waals surface area contributed by atoms with E-state index in [1.165, 1.54) is 36.6 Å². The first-order chi connectivity index (χ1) is 17.1. The van der Waals surface area contributed by atoms with Crippen molar-refractivity contribution in [1.82, 2.24) is 9.88 Å². The van der Waals surface area contributed by atoms with E-state index in [0.717, 1.165) is 54.6 Å². The highest BCUT2D eigenvalue weighted by Crippen LogP contribution is 2.32. The molecule has 5 rings (SSSR count). The first-order valence-electron chi connectivity index (χ1n) is 12.5. The van der Waals surface area contributed by atoms with E-state index in [1.54, 1.807) is 16.7 Å². The molecule has 35 heavy (non-hydrogen) atoms. The van der Waals surface area contributed by atoms with Crippen LogP contribution in [0, 0.1) is 16.0 Å². The molecule has 1 aliphatic carbocycles. The zero-order valence-corrected chi connectivity index (χ0v) is 19.8. The van der Waals surface area contributed by atoms with Crippen LogP contribution in [0.5, 0.6) is 11.5 Å². The zero-order chi connectivity index (χ0) is 24.2. The number of aromatic nitrogens is 1. The van der Waals surface area contributed by atoms with E-state index in [4.69, 9.17) is 9.47 Å². The molecule has 8 nitrogen and oxygen atoms in total. The zero-order valence-electron chi connectivity index (χ0n) is 19.8. The lowest BCUT2D eigenvalue weighted by Crippen LogP contribution is -2.33. The quantitative estimate of drug-likeness (QED) is 0.370. The van der Waals surface area contributed by atoms with Gasteiger partial charge in [0.05, 0.1) is 10.4 Å². The molecule has 3 aromatic rings. The monoisotopic (exact) mass is 477 g/mol. The molecule has 0 radical (unpaired) electrons. The average molecular weight is 478 g/mol. The number of nitrogens with zero attached hydrogens (tertiary/aromatic N) is 2. The Bertz CT molecular complexity index is 1260. The highest BCUT2D eigenvalue weighted by Gasteiger charge is 2.21.